The van der Waals surface area contributed by atoms with E-state index >= 15 is 0 Å². The minimum absolute atomic E-state index is 0.208. The molecule has 2 nitrogen and oxygen atoms in total. The highest BCUT2D eigenvalue weighted by atomic mass is 32.2. The van der Waals surface area contributed by atoms with Crippen LogP contribution in [0.15, 0.2) is 18.2 Å². The third kappa shape index (κ3) is 2.96. The Morgan fingerprint density at radius 3 is 2.12 bits per heavy atom. The van der Waals surface area contributed by atoms with Gasteiger partial charge in [-0.25, -0.2) is 8.78 Å². The lowest BCUT2D eigenvalue weighted by Crippen LogP contribution is -2.49. The van der Waals surface area contributed by atoms with Gasteiger partial charge in [-0.2, -0.15) is 0 Å². The second-order valence-electron chi connectivity index (χ2n) is 7.95. The number of halogens is 2. The summed E-state index contributed by atoms with van der Waals surface area (Å²) in [6.07, 6.45) is 7.70. The quantitative estimate of drug-likeness (QED) is 0.828. The van der Waals surface area contributed by atoms with Gasteiger partial charge in [0.05, 0.1) is 5.25 Å². The molecule has 5 rings (SSSR count). The van der Waals surface area contributed by atoms with Crippen LogP contribution in [0.25, 0.3) is 0 Å². The van der Waals surface area contributed by atoms with E-state index in [0.717, 1.165) is 29.9 Å². The van der Waals surface area contributed by atoms with E-state index in [1.165, 1.54) is 44.6 Å². The van der Waals surface area contributed by atoms with Crippen molar-refractivity contribution in [2.45, 2.75) is 55.4 Å². The van der Waals surface area contributed by atoms with Gasteiger partial charge in [0, 0.05) is 4.75 Å². The summed E-state index contributed by atoms with van der Waals surface area (Å²) >= 11 is 1.74. The van der Waals surface area contributed by atoms with E-state index in [0.29, 0.717) is 0 Å². The molecule has 4 saturated carbocycles. The van der Waals surface area contributed by atoms with Gasteiger partial charge in [0.1, 0.15) is 17.3 Å². The molecule has 4 fully saturated rings. The van der Waals surface area contributed by atoms with Gasteiger partial charge in [-0.3, -0.25) is 4.79 Å². The van der Waals surface area contributed by atoms with Crippen LogP contribution >= 0.6 is 11.8 Å². The van der Waals surface area contributed by atoms with Crippen LogP contribution in [0, 0.1) is 29.4 Å². The van der Waals surface area contributed by atoms with Crippen molar-refractivity contribution in [2.24, 2.45) is 17.8 Å². The molecule has 1 atom stereocenters. The zero-order chi connectivity index (χ0) is 16.9. The van der Waals surface area contributed by atoms with Crippen molar-refractivity contribution >= 4 is 23.4 Å². The van der Waals surface area contributed by atoms with Gasteiger partial charge < -0.3 is 5.32 Å². The van der Waals surface area contributed by atoms with Crippen LogP contribution in [0.2, 0.25) is 0 Å². The number of hydrogen-bond donors (Lipinski definition) is 1. The molecule has 1 N–H and O–H groups in total. The minimum atomic E-state index is -0.727. The molecule has 0 heterocycles. The predicted molar refractivity (Wildman–Crippen MR) is 92.9 cm³/mol. The Kier molecular flexibility index (Phi) is 4.10. The Hall–Kier alpha value is -1.10. The lowest BCUT2D eigenvalue weighted by molar-refractivity contribution is -0.115. The molecule has 0 unspecified atom stereocenters. The summed E-state index contributed by atoms with van der Waals surface area (Å²) in [4.78, 5) is 12.5. The number of nitrogens with one attached hydrogen (secondary N) is 1. The number of para-hydroxylation sites is 1. The lowest BCUT2D eigenvalue weighted by Gasteiger charge is -2.57. The normalized spacial score (nSPS) is 35.0. The molecule has 4 bridgehead atoms. The van der Waals surface area contributed by atoms with Crippen LogP contribution in [0.3, 0.4) is 0 Å². The number of carbonyl (C=O) groups excluding carboxylic acids is 1. The van der Waals surface area contributed by atoms with E-state index < -0.39 is 11.6 Å². The molecule has 4 aliphatic rings. The Balaban J connectivity index is 1.44. The van der Waals surface area contributed by atoms with Gasteiger partial charge in [-0.05, 0) is 75.3 Å². The summed E-state index contributed by atoms with van der Waals surface area (Å²) in [7, 11) is 0. The van der Waals surface area contributed by atoms with Gasteiger partial charge in [0.25, 0.3) is 0 Å². The maximum atomic E-state index is 13.7. The first-order valence-corrected chi connectivity index (χ1v) is 9.75. The van der Waals surface area contributed by atoms with Gasteiger partial charge >= 0.3 is 0 Å². The highest BCUT2D eigenvalue weighted by Gasteiger charge is 2.52. The predicted octanol–water partition coefficient (Wildman–Crippen LogP) is 4.99. The van der Waals surface area contributed by atoms with Gasteiger partial charge in [0.15, 0.2) is 0 Å². The van der Waals surface area contributed by atoms with Crippen molar-refractivity contribution in [3.63, 3.8) is 0 Å². The first-order chi connectivity index (χ1) is 11.4. The van der Waals surface area contributed by atoms with Crippen LogP contribution in [-0.2, 0) is 4.79 Å². The fraction of sp³-hybridized carbons (Fsp3) is 0.632. The zero-order valence-electron chi connectivity index (χ0n) is 13.9. The third-order valence-corrected chi connectivity index (χ3v) is 7.56. The molecule has 0 saturated heterocycles. The van der Waals surface area contributed by atoms with Crippen LogP contribution < -0.4 is 5.32 Å². The van der Waals surface area contributed by atoms with Crippen LogP contribution in [0.4, 0.5) is 14.5 Å². The standard InChI is InChI=1S/C19H23F2NOS/c1-11(18(23)22-17-15(20)3-2-4-16(17)21)24-19-8-12-5-13(9-19)7-14(6-12)10-19/h2-4,11-14H,5-10H2,1H3,(H,22,23)/t11-,12?,13?,14?,19?/m0/s1. The SMILES string of the molecule is C[C@H](SC12CC3CC(CC(C3)C1)C2)C(=O)Nc1c(F)cccc1F. The number of hydrogen-bond acceptors (Lipinski definition) is 2. The maximum absolute atomic E-state index is 13.7. The fourth-order valence-electron chi connectivity index (χ4n) is 5.45. The Morgan fingerprint density at radius 2 is 1.62 bits per heavy atom. The van der Waals surface area contributed by atoms with Gasteiger partial charge in [0.2, 0.25) is 5.91 Å². The number of carbonyl (C=O) groups is 1. The summed E-state index contributed by atoms with van der Waals surface area (Å²) in [6.45, 7) is 1.86. The maximum Gasteiger partial charge on any atom is 0.237 e. The van der Waals surface area contributed by atoms with Crippen molar-refractivity contribution in [1.82, 2.24) is 0 Å². The number of thioether (sulfide) groups is 1. The fourth-order valence-corrected chi connectivity index (χ4v) is 7.36. The molecule has 24 heavy (non-hydrogen) atoms. The first kappa shape index (κ1) is 16.4. The largest absolute Gasteiger partial charge is 0.320 e. The second-order valence-corrected chi connectivity index (χ2v) is 9.76. The molecule has 0 spiro atoms. The van der Waals surface area contributed by atoms with Crippen molar-refractivity contribution in [2.75, 3.05) is 5.32 Å². The van der Waals surface area contributed by atoms with E-state index in [2.05, 4.69) is 5.32 Å². The molecular weight excluding hydrogens is 328 g/mol. The molecule has 0 aromatic heterocycles. The average Bonchev–Trinajstić information content (AvgIpc) is 2.49. The van der Waals surface area contributed by atoms with E-state index in [4.69, 9.17) is 0 Å². The Morgan fingerprint density at radius 1 is 1.12 bits per heavy atom. The second kappa shape index (κ2) is 6.01. The summed E-state index contributed by atoms with van der Waals surface area (Å²) in [6, 6.07) is 3.62. The van der Waals surface area contributed by atoms with Crippen molar-refractivity contribution < 1.29 is 13.6 Å². The van der Waals surface area contributed by atoms with E-state index in [9.17, 15) is 13.6 Å². The zero-order valence-corrected chi connectivity index (χ0v) is 14.7. The minimum Gasteiger partial charge on any atom is -0.320 e. The van der Waals surface area contributed by atoms with E-state index in [-0.39, 0.29) is 21.6 Å². The number of amides is 1. The molecule has 0 radical (unpaired) electrons. The van der Waals surface area contributed by atoms with E-state index in [1.54, 1.807) is 11.8 Å². The van der Waals surface area contributed by atoms with Gasteiger partial charge in [-0.1, -0.05) is 6.07 Å². The van der Waals surface area contributed by atoms with Crippen molar-refractivity contribution in [3.8, 4) is 0 Å². The molecule has 5 heteroatoms. The smallest absolute Gasteiger partial charge is 0.237 e. The molecule has 1 aromatic carbocycles. The average molecular weight is 351 g/mol. The Labute approximate surface area is 145 Å². The number of rotatable bonds is 4. The van der Waals surface area contributed by atoms with Gasteiger partial charge in [-0.15, -0.1) is 11.8 Å². The molecule has 130 valence electrons. The van der Waals surface area contributed by atoms with Crippen molar-refractivity contribution in [1.29, 1.82) is 0 Å². The Bertz CT molecular complexity index is 607. The molecule has 4 aliphatic carbocycles. The first-order valence-electron chi connectivity index (χ1n) is 8.87. The molecular formula is C19H23F2NOS. The van der Waals surface area contributed by atoms with Crippen LogP contribution in [0.5, 0.6) is 0 Å². The molecule has 0 aliphatic heterocycles. The van der Waals surface area contributed by atoms with Crippen molar-refractivity contribution in [3.05, 3.63) is 29.8 Å². The van der Waals surface area contributed by atoms with E-state index in [1.807, 2.05) is 6.92 Å². The molecule has 1 amide bonds. The summed E-state index contributed by atoms with van der Waals surface area (Å²) in [5.41, 5.74) is -0.333. The summed E-state index contributed by atoms with van der Waals surface area (Å²) in [5.74, 6) is 0.708. The third-order valence-electron chi connectivity index (χ3n) is 5.99. The lowest BCUT2D eigenvalue weighted by atomic mass is 9.56. The number of benzene rings is 1. The number of anilines is 1. The summed E-state index contributed by atoms with van der Waals surface area (Å²) in [5, 5.41) is 2.15. The van der Waals surface area contributed by atoms with Crippen LogP contribution in [-0.4, -0.2) is 15.9 Å². The highest BCUT2D eigenvalue weighted by Crippen LogP contribution is 2.61. The monoisotopic (exact) mass is 351 g/mol. The van der Waals surface area contributed by atoms with Crippen LogP contribution in [0.1, 0.15) is 45.4 Å². The topological polar surface area (TPSA) is 29.1 Å². The summed E-state index contributed by atoms with van der Waals surface area (Å²) < 4.78 is 27.7. The highest BCUT2D eigenvalue weighted by molar-refractivity contribution is 8.01. The molecule has 1 aromatic rings.